The van der Waals surface area contributed by atoms with Crippen molar-refractivity contribution < 1.29 is 14.3 Å². The molecule has 2 aromatic carbocycles. The third kappa shape index (κ3) is 5.93. The lowest BCUT2D eigenvalue weighted by atomic mass is 10.2. The standard InChI is InChI=1S/C19H24N2O3/c1-4-23-17-8-10-18(11-9-17)24-14-19(22)20-16-7-5-6-15(12-16)13-21(2)3/h5-12H,4,13-14H2,1-3H3,(H,20,22). The van der Waals surface area contributed by atoms with Crippen LogP contribution in [-0.2, 0) is 11.3 Å². The van der Waals surface area contributed by atoms with Gasteiger partial charge in [0.25, 0.3) is 5.91 Å². The molecular weight excluding hydrogens is 304 g/mol. The van der Waals surface area contributed by atoms with Gasteiger partial charge in [-0.2, -0.15) is 0 Å². The van der Waals surface area contributed by atoms with Crippen LogP contribution in [-0.4, -0.2) is 38.1 Å². The van der Waals surface area contributed by atoms with Gasteiger partial charge in [0.05, 0.1) is 6.61 Å². The van der Waals surface area contributed by atoms with Gasteiger partial charge in [0.15, 0.2) is 6.61 Å². The topological polar surface area (TPSA) is 50.8 Å². The van der Waals surface area contributed by atoms with Crippen LogP contribution in [0, 0.1) is 0 Å². The second kappa shape index (κ2) is 8.93. The fourth-order valence-electron chi connectivity index (χ4n) is 2.26. The molecule has 0 aliphatic rings. The molecule has 0 atom stereocenters. The summed E-state index contributed by atoms with van der Waals surface area (Å²) < 4.78 is 10.9. The minimum atomic E-state index is -0.189. The van der Waals surface area contributed by atoms with Crippen molar-refractivity contribution in [1.29, 1.82) is 0 Å². The number of benzene rings is 2. The Bertz CT molecular complexity index is 654. The Morgan fingerprint density at radius 3 is 2.33 bits per heavy atom. The summed E-state index contributed by atoms with van der Waals surface area (Å²) in [5.74, 6) is 1.23. The third-order valence-electron chi connectivity index (χ3n) is 3.21. The Morgan fingerprint density at radius 2 is 1.71 bits per heavy atom. The average molecular weight is 328 g/mol. The van der Waals surface area contributed by atoms with Crippen LogP contribution in [0.25, 0.3) is 0 Å². The molecule has 0 bridgehead atoms. The number of nitrogens with one attached hydrogen (secondary N) is 1. The first kappa shape index (κ1) is 17.8. The zero-order valence-corrected chi connectivity index (χ0v) is 14.4. The summed E-state index contributed by atoms with van der Waals surface area (Å²) in [6.45, 7) is 3.34. The number of carbonyl (C=O) groups is 1. The Hall–Kier alpha value is -2.53. The Morgan fingerprint density at radius 1 is 1.04 bits per heavy atom. The summed E-state index contributed by atoms with van der Waals surface area (Å²) in [4.78, 5) is 14.1. The van der Waals surface area contributed by atoms with Crippen LogP contribution in [0.4, 0.5) is 5.69 Å². The van der Waals surface area contributed by atoms with E-state index in [1.165, 1.54) is 0 Å². The van der Waals surface area contributed by atoms with Gasteiger partial charge in [0.1, 0.15) is 11.5 Å². The zero-order valence-electron chi connectivity index (χ0n) is 14.4. The third-order valence-corrected chi connectivity index (χ3v) is 3.21. The quantitative estimate of drug-likeness (QED) is 0.809. The highest BCUT2D eigenvalue weighted by molar-refractivity contribution is 5.91. The number of carbonyl (C=O) groups excluding carboxylic acids is 1. The van der Waals surface area contributed by atoms with Crippen molar-refractivity contribution in [2.45, 2.75) is 13.5 Å². The molecule has 0 fully saturated rings. The van der Waals surface area contributed by atoms with E-state index in [0.29, 0.717) is 12.4 Å². The fraction of sp³-hybridized carbons (Fsp3) is 0.316. The summed E-state index contributed by atoms with van der Waals surface area (Å²) >= 11 is 0. The van der Waals surface area contributed by atoms with Crippen LogP contribution in [0.15, 0.2) is 48.5 Å². The van der Waals surface area contributed by atoms with E-state index in [9.17, 15) is 4.79 Å². The smallest absolute Gasteiger partial charge is 0.262 e. The highest BCUT2D eigenvalue weighted by atomic mass is 16.5. The number of hydrogen-bond donors (Lipinski definition) is 1. The van der Waals surface area contributed by atoms with Crippen molar-refractivity contribution in [3.05, 3.63) is 54.1 Å². The van der Waals surface area contributed by atoms with Crippen LogP contribution in [0.3, 0.4) is 0 Å². The molecule has 0 radical (unpaired) electrons. The predicted molar refractivity (Wildman–Crippen MR) is 95.6 cm³/mol. The highest BCUT2D eigenvalue weighted by Crippen LogP contribution is 2.17. The van der Waals surface area contributed by atoms with Crippen LogP contribution < -0.4 is 14.8 Å². The number of ether oxygens (including phenoxy) is 2. The van der Waals surface area contributed by atoms with Crippen LogP contribution in [0.2, 0.25) is 0 Å². The van der Waals surface area contributed by atoms with E-state index in [-0.39, 0.29) is 12.5 Å². The fourth-order valence-corrected chi connectivity index (χ4v) is 2.26. The molecule has 24 heavy (non-hydrogen) atoms. The molecule has 2 aromatic rings. The van der Waals surface area contributed by atoms with E-state index in [1.54, 1.807) is 12.1 Å². The van der Waals surface area contributed by atoms with E-state index in [2.05, 4.69) is 10.2 Å². The highest BCUT2D eigenvalue weighted by Gasteiger charge is 2.05. The zero-order chi connectivity index (χ0) is 17.4. The maximum Gasteiger partial charge on any atom is 0.262 e. The molecule has 128 valence electrons. The lowest BCUT2D eigenvalue weighted by molar-refractivity contribution is -0.118. The summed E-state index contributed by atoms with van der Waals surface area (Å²) in [7, 11) is 4.02. The summed E-state index contributed by atoms with van der Waals surface area (Å²) in [6, 6.07) is 15.0. The van der Waals surface area contributed by atoms with Crippen molar-refractivity contribution in [2.75, 3.05) is 32.6 Å². The lowest BCUT2D eigenvalue weighted by Crippen LogP contribution is -2.20. The van der Waals surface area contributed by atoms with E-state index < -0.39 is 0 Å². The maximum absolute atomic E-state index is 12.0. The number of nitrogens with zero attached hydrogens (tertiary/aromatic N) is 1. The molecule has 0 aliphatic carbocycles. The largest absolute Gasteiger partial charge is 0.494 e. The van der Waals surface area contributed by atoms with E-state index in [0.717, 1.165) is 23.5 Å². The van der Waals surface area contributed by atoms with Gasteiger partial charge in [-0.3, -0.25) is 4.79 Å². The Kier molecular flexibility index (Phi) is 6.63. The first-order chi connectivity index (χ1) is 11.6. The maximum atomic E-state index is 12.0. The normalized spacial score (nSPS) is 10.5. The first-order valence-corrected chi connectivity index (χ1v) is 7.96. The molecule has 0 aliphatic heterocycles. The first-order valence-electron chi connectivity index (χ1n) is 7.96. The van der Waals surface area contributed by atoms with Crippen molar-refractivity contribution >= 4 is 11.6 Å². The Labute approximate surface area is 143 Å². The van der Waals surface area contributed by atoms with Crippen molar-refractivity contribution in [1.82, 2.24) is 4.90 Å². The van der Waals surface area contributed by atoms with Crippen molar-refractivity contribution in [3.8, 4) is 11.5 Å². The van der Waals surface area contributed by atoms with Crippen molar-refractivity contribution in [3.63, 3.8) is 0 Å². The molecule has 0 saturated carbocycles. The molecule has 0 unspecified atom stereocenters. The molecule has 0 heterocycles. The van der Waals surface area contributed by atoms with Crippen LogP contribution in [0.5, 0.6) is 11.5 Å². The minimum Gasteiger partial charge on any atom is -0.494 e. The number of anilines is 1. The van der Waals surface area contributed by atoms with Gasteiger partial charge >= 0.3 is 0 Å². The molecule has 5 heteroatoms. The Balaban J connectivity index is 1.84. The summed E-state index contributed by atoms with van der Waals surface area (Å²) in [5, 5.41) is 2.85. The van der Waals surface area contributed by atoms with Gasteiger partial charge in [0.2, 0.25) is 0 Å². The summed E-state index contributed by atoms with van der Waals surface area (Å²) in [5.41, 5.74) is 1.92. The van der Waals surface area contributed by atoms with Crippen LogP contribution >= 0.6 is 0 Å². The summed E-state index contributed by atoms with van der Waals surface area (Å²) in [6.07, 6.45) is 0. The van der Waals surface area contributed by atoms with Gasteiger partial charge in [-0.05, 0) is 63.0 Å². The van der Waals surface area contributed by atoms with E-state index in [1.807, 2.05) is 57.4 Å². The molecule has 0 spiro atoms. The molecule has 2 rings (SSSR count). The SMILES string of the molecule is CCOc1ccc(OCC(=O)Nc2cccc(CN(C)C)c2)cc1. The van der Waals surface area contributed by atoms with Gasteiger partial charge in [-0.25, -0.2) is 0 Å². The van der Waals surface area contributed by atoms with E-state index in [4.69, 9.17) is 9.47 Å². The second-order valence-electron chi connectivity index (χ2n) is 5.68. The van der Waals surface area contributed by atoms with Gasteiger partial charge in [0, 0.05) is 12.2 Å². The van der Waals surface area contributed by atoms with E-state index >= 15 is 0 Å². The van der Waals surface area contributed by atoms with Crippen molar-refractivity contribution in [2.24, 2.45) is 0 Å². The molecule has 1 amide bonds. The molecular formula is C19H24N2O3. The van der Waals surface area contributed by atoms with Gasteiger partial charge in [-0.15, -0.1) is 0 Å². The second-order valence-corrected chi connectivity index (χ2v) is 5.68. The van der Waals surface area contributed by atoms with Crippen LogP contribution in [0.1, 0.15) is 12.5 Å². The molecule has 5 nitrogen and oxygen atoms in total. The number of rotatable bonds is 8. The molecule has 0 saturated heterocycles. The molecule has 0 aromatic heterocycles. The number of amides is 1. The molecule has 1 N–H and O–H groups in total. The monoisotopic (exact) mass is 328 g/mol. The minimum absolute atomic E-state index is 0.0358. The van der Waals surface area contributed by atoms with Gasteiger partial charge in [-0.1, -0.05) is 12.1 Å². The lowest BCUT2D eigenvalue weighted by Gasteiger charge is -2.12. The predicted octanol–water partition coefficient (Wildman–Crippen LogP) is 3.16. The number of hydrogen-bond acceptors (Lipinski definition) is 4. The van der Waals surface area contributed by atoms with Gasteiger partial charge < -0.3 is 19.7 Å². The average Bonchev–Trinajstić information content (AvgIpc) is 2.54.